The number of rotatable bonds is 5. The minimum absolute atomic E-state index is 0.0408. The van der Waals surface area contributed by atoms with Crippen molar-refractivity contribution < 1.29 is 17.9 Å². The number of fused-ring (bicyclic) bond motifs is 1. The van der Waals surface area contributed by atoms with Crippen LogP contribution in [-0.4, -0.2) is 34.7 Å². The molecule has 1 aliphatic heterocycles. The normalized spacial score (nSPS) is 19.6. The Kier molecular flexibility index (Phi) is 3.35. The predicted octanol–water partition coefficient (Wildman–Crippen LogP) is 0.475. The molecular weight excluding hydrogens is 280 g/mol. The molecule has 0 radical (unpaired) electrons. The third kappa shape index (κ3) is 2.61. The second-order valence-electron chi connectivity index (χ2n) is 5.33. The van der Waals surface area contributed by atoms with Crippen LogP contribution in [0.1, 0.15) is 12.8 Å². The summed E-state index contributed by atoms with van der Waals surface area (Å²) < 4.78 is 37.9. The third-order valence-corrected chi connectivity index (χ3v) is 5.25. The highest BCUT2D eigenvalue weighted by Gasteiger charge is 2.41. The summed E-state index contributed by atoms with van der Waals surface area (Å²) in [5.74, 6) is 1.05. The van der Waals surface area contributed by atoms with E-state index in [0.29, 0.717) is 37.8 Å². The van der Waals surface area contributed by atoms with Gasteiger partial charge in [-0.15, -0.1) is 0 Å². The molecule has 0 unspecified atom stereocenters. The van der Waals surface area contributed by atoms with E-state index in [9.17, 15) is 8.42 Å². The van der Waals surface area contributed by atoms with E-state index in [1.807, 2.05) is 0 Å². The number of hydrogen-bond donors (Lipinski definition) is 2. The Labute approximate surface area is 118 Å². The Balaban J connectivity index is 1.77. The summed E-state index contributed by atoms with van der Waals surface area (Å²) in [7, 11) is -3.54. The first kappa shape index (κ1) is 13.7. The van der Waals surface area contributed by atoms with Crippen molar-refractivity contribution in [2.24, 2.45) is 11.1 Å². The van der Waals surface area contributed by atoms with Crippen molar-refractivity contribution in [3.63, 3.8) is 0 Å². The van der Waals surface area contributed by atoms with Crippen LogP contribution in [0.3, 0.4) is 0 Å². The largest absolute Gasteiger partial charge is 0.486 e. The summed E-state index contributed by atoms with van der Waals surface area (Å²) >= 11 is 0. The summed E-state index contributed by atoms with van der Waals surface area (Å²) in [6.45, 7) is 1.81. The van der Waals surface area contributed by atoms with E-state index in [2.05, 4.69) is 4.72 Å². The van der Waals surface area contributed by atoms with Crippen LogP contribution >= 0.6 is 0 Å². The van der Waals surface area contributed by atoms with Crippen LogP contribution in [0.25, 0.3) is 0 Å². The highest BCUT2D eigenvalue weighted by atomic mass is 32.2. The van der Waals surface area contributed by atoms with Crippen molar-refractivity contribution in [2.75, 3.05) is 26.3 Å². The van der Waals surface area contributed by atoms with Gasteiger partial charge in [-0.1, -0.05) is 0 Å². The van der Waals surface area contributed by atoms with E-state index in [4.69, 9.17) is 15.2 Å². The number of nitrogens with two attached hydrogens (primary N) is 1. The van der Waals surface area contributed by atoms with Gasteiger partial charge in [0, 0.05) is 12.6 Å². The summed E-state index contributed by atoms with van der Waals surface area (Å²) in [6, 6.07) is 4.65. The molecule has 20 heavy (non-hydrogen) atoms. The lowest BCUT2D eigenvalue weighted by atomic mass is 10.1. The summed E-state index contributed by atoms with van der Waals surface area (Å²) in [4.78, 5) is 0.189. The lowest BCUT2D eigenvalue weighted by molar-refractivity contribution is 0.171. The number of benzene rings is 1. The van der Waals surface area contributed by atoms with Gasteiger partial charge in [0.05, 0.1) is 4.90 Å². The molecule has 7 heteroatoms. The first-order valence-electron chi connectivity index (χ1n) is 6.64. The lowest BCUT2D eigenvalue weighted by Crippen LogP contribution is -2.34. The van der Waals surface area contributed by atoms with E-state index < -0.39 is 10.0 Å². The van der Waals surface area contributed by atoms with Crippen LogP contribution in [0, 0.1) is 5.41 Å². The van der Waals surface area contributed by atoms with Gasteiger partial charge in [-0.25, -0.2) is 13.1 Å². The van der Waals surface area contributed by atoms with E-state index in [1.54, 1.807) is 6.07 Å². The quantitative estimate of drug-likeness (QED) is 0.825. The van der Waals surface area contributed by atoms with Crippen LogP contribution in [-0.2, 0) is 10.0 Å². The van der Waals surface area contributed by atoms with Crippen molar-refractivity contribution in [3.05, 3.63) is 18.2 Å². The molecule has 1 aromatic carbocycles. The minimum atomic E-state index is -3.54. The Morgan fingerprint density at radius 2 is 1.90 bits per heavy atom. The van der Waals surface area contributed by atoms with Crippen LogP contribution in [0.5, 0.6) is 11.5 Å². The second kappa shape index (κ2) is 4.91. The zero-order valence-corrected chi connectivity index (χ0v) is 11.9. The summed E-state index contributed by atoms with van der Waals surface area (Å²) in [5, 5.41) is 0. The van der Waals surface area contributed by atoms with Gasteiger partial charge in [0.2, 0.25) is 10.0 Å². The molecule has 0 spiro atoms. The molecule has 1 aromatic rings. The highest BCUT2D eigenvalue weighted by Crippen LogP contribution is 2.44. The molecule has 0 aromatic heterocycles. The van der Waals surface area contributed by atoms with Gasteiger partial charge in [-0.05, 0) is 36.9 Å². The number of sulfonamides is 1. The molecule has 0 saturated heterocycles. The predicted molar refractivity (Wildman–Crippen MR) is 73.3 cm³/mol. The van der Waals surface area contributed by atoms with Crippen LogP contribution in [0.2, 0.25) is 0 Å². The monoisotopic (exact) mass is 298 g/mol. The maximum Gasteiger partial charge on any atom is 0.240 e. The molecule has 6 nitrogen and oxygen atoms in total. The van der Waals surface area contributed by atoms with Gasteiger partial charge >= 0.3 is 0 Å². The first-order chi connectivity index (χ1) is 9.55. The van der Waals surface area contributed by atoms with Crippen LogP contribution in [0.15, 0.2) is 23.1 Å². The molecule has 1 fully saturated rings. The topological polar surface area (TPSA) is 90.7 Å². The van der Waals surface area contributed by atoms with E-state index in [0.717, 1.165) is 12.8 Å². The van der Waals surface area contributed by atoms with Crippen molar-refractivity contribution in [1.29, 1.82) is 0 Å². The maximum absolute atomic E-state index is 12.3. The van der Waals surface area contributed by atoms with Gasteiger partial charge in [0.1, 0.15) is 13.2 Å². The van der Waals surface area contributed by atoms with Crippen LogP contribution < -0.4 is 19.9 Å². The zero-order chi connectivity index (χ0) is 14.2. The third-order valence-electron chi connectivity index (χ3n) is 3.85. The van der Waals surface area contributed by atoms with E-state index in [1.165, 1.54) is 12.1 Å². The average molecular weight is 298 g/mol. The Morgan fingerprint density at radius 3 is 2.55 bits per heavy atom. The summed E-state index contributed by atoms with van der Waals surface area (Å²) in [6.07, 6.45) is 1.96. The molecule has 2 aliphatic rings. The fourth-order valence-corrected chi connectivity index (χ4v) is 3.32. The molecule has 3 N–H and O–H groups in total. The van der Waals surface area contributed by atoms with Gasteiger partial charge < -0.3 is 15.2 Å². The van der Waals surface area contributed by atoms with E-state index in [-0.39, 0.29) is 10.3 Å². The number of nitrogens with one attached hydrogen (secondary N) is 1. The van der Waals surface area contributed by atoms with Gasteiger partial charge in [0.25, 0.3) is 0 Å². The second-order valence-corrected chi connectivity index (χ2v) is 7.10. The molecule has 0 atom stereocenters. The van der Waals surface area contributed by atoms with Gasteiger partial charge in [-0.2, -0.15) is 0 Å². The van der Waals surface area contributed by atoms with Crippen molar-refractivity contribution in [3.8, 4) is 11.5 Å². The molecule has 0 amide bonds. The standard InChI is InChI=1S/C13H18N2O4S/c14-8-13(3-4-13)9-15-20(16,17)10-1-2-11-12(7-10)19-6-5-18-11/h1-2,7,15H,3-6,8-9,14H2. The van der Waals surface area contributed by atoms with E-state index >= 15 is 0 Å². The molecule has 1 heterocycles. The number of ether oxygens (including phenoxy) is 2. The van der Waals surface area contributed by atoms with Crippen LogP contribution in [0.4, 0.5) is 0 Å². The van der Waals surface area contributed by atoms with Crippen molar-refractivity contribution >= 4 is 10.0 Å². The SMILES string of the molecule is NCC1(CNS(=O)(=O)c2ccc3c(c2)OCCO3)CC1. The van der Waals surface area contributed by atoms with Gasteiger partial charge in [-0.3, -0.25) is 0 Å². The maximum atomic E-state index is 12.3. The smallest absolute Gasteiger partial charge is 0.240 e. The summed E-state index contributed by atoms with van der Waals surface area (Å²) in [5.41, 5.74) is 5.62. The molecule has 0 bridgehead atoms. The Bertz CT molecular complexity index is 611. The van der Waals surface area contributed by atoms with Gasteiger partial charge in [0.15, 0.2) is 11.5 Å². The molecular formula is C13H18N2O4S. The fraction of sp³-hybridized carbons (Fsp3) is 0.538. The first-order valence-corrected chi connectivity index (χ1v) is 8.12. The molecule has 1 saturated carbocycles. The fourth-order valence-electron chi connectivity index (χ4n) is 2.15. The minimum Gasteiger partial charge on any atom is -0.486 e. The number of hydrogen-bond acceptors (Lipinski definition) is 5. The molecule has 1 aliphatic carbocycles. The lowest BCUT2D eigenvalue weighted by Gasteiger charge is -2.19. The average Bonchev–Trinajstić information content (AvgIpc) is 3.25. The zero-order valence-electron chi connectivity index (χ0n) is 11.1. The Hall–Kier alpha value is -1.31. The molecule has 110 valence electrons. The Morgan fingerprint density at radius 1 is 1.20 bits per heavy atom. The highest BCUT2D eigenvalue weighted by molar-refractivity contribution is 7.89. The molecule has 3 rings (SSSR count). The van der Waals surface area contributed by atoms with Crippen molar-refractivity contribution in [2.45, 2.75) is 17.7 Å². The van der Waals surface area contributed by atoms with Crippen molar-refractivity contribution in [1.82, 2.24) is 4.72 Å².